The summed E-state index contributed by atoms with van der Waals surface area (Å²) in [5, 5.41) is 0. The summed E-state index contributed by atoms with van der Waals surface area (Å²) in [5.74, 6) is 1.21. The van der Waals surface area contributed by atoms with Gasteiger partial charge < -0.3 is 0 Å². The first-order valence-electron chi connectivity index (χ1n) is 2.61. The van der Waals surface area contributed by atoms with Gasteiger partial charge in [0.2, 0.25) is 0 Å². The van der Waals surface area contributed by atoms with E-state index in [0.717, 1.165) is 5.82 Å². The molecule has 0 aliphatic carbocycles. The van der Waals surface area contributed by atoms with Crippen LogP contribution in [0.2, 0.25) is 0 Å². The van der Waals surface area contributed by atoms with Crippen LogP contribution in [0, 0.1) is 0 Å². The Morgan fingerprint density at radius 2 is 2.40 bits per heavy atom. The molecule has 1 aromatic heterocycles. The van der Waals surface area contributed by atoms with E-state index in [2.05, 4.69) is 18.3 Å². The number of anilines is 2. The van der Waals surface area contributed by atoms with Crippen LogP contribution in [-0.2, 0) is 0 Å². The van der Waals surface area contributed by atoms with E-state index in [1.54, 1.807) is 0 Å². The molecule has 0 spiro atoms. The second kappa shape index (κ2) is 2.00. The van der Waals surface area contributed by atoms with Gasteiger partial charge >= 0.3 is 62.6 Å². The van der Waals surface area contributed by atoms with Crippen molar-refractivity contribution in [1.29, 1.82) is 0 Å². The fourth-order valence-electron chi connectivity index (χ4n) is 0.669. The van der Waals surface area contributed by atoms with Crippen LogP contribution in [0.5, 0.6) is 0 Å². The minimum atomic E-state index is 0.0620. The molecule has 0 bridgehead atoms. The van der Waals surface area contributed by atoms with Crippen LogP contribution in [0.4, 0.5) is 17.3 Å². The SMILES string of the molecule is Nc1ncnc2c1N=[Se]N2. The zero-order valence-corrected chi connectivity index (χ0v) is 6.62. The van der Waals surface area contributed by atoms with Crippen LogP contribution < -0.4 is 10.1 Å². The van der Waals surface area contributed by atoms with Crippen molar-refractivity contribution in [3.63, 3.8) is 0 Å². The van der Waals surface area contributed by atoms with E-state index in [4.69, 9.17) is 5.73 Å². The summed E-state index contributed by atoms with van der Waals surface area (Å²) in [6.45, 7) is 0. The number of nitrogens with two attached hydrogens (primary N) is 1. The Kier molecular flexibility index (Phi) is 1.15. The van der Waals surface area contributed by atoms with E-state index in [9.17, 15) is 0 Å². The van der Waals surface area contributed by atoms with Gasteiger partial charge in [-0.25, -0.2) is 0 Å². The molecule has 1 aliphatic heterocycles. The topological polar surface area (TPSA) is 76.2 Å². The van der Waals surface area contributed by atoms with Gasteiger partial charge in [0.25, 0.3) is 0 Å². The van der Waals surface area contributed by atoms with Gasteiger partial charge in [0.05, 0.1) is 0 Å². The van der Waals surface area contributed by atoms with Gasteiger partial charge in [-0.1, -0.05) is 0 Å². The van der Waals surface area contributed by atoms with Crippen LogP contribution >= 0.6 is 0 Å². The molecule has 0 fully saturated rings. The second-order valence-electron chi connectivity index (χ2n) is 1.74. The summed E-state index contributed by atoms with van der Waals surface area (Å²) < 4.78 is 7.11. The Bertz CT molecular complexity index is 296. The van der Waals surface area contributed by atoms with Gasteiger partial charge in [-0.15, -0.1) is 0 Å². The molecule has 10 heavy (non-hydrogen) atoms. The minimum absolute atomic E-state index is 0.0620. The van der Waals surface area contributed by atoms with Crippen molar-refractivity contribution in [2.75, 3.05) is 10.1 Å². The summed E-state index contributed by atoms with van der Waals surface area (Å²) in [5.41, 5.74) is 6.21. The fraction of sp³-hybridized carbons (Fsp3) is 0. The van der Waals surface area contributed by atoms with Crippen molar-refractivity contribution in [2.24, 2.45) is 3.96 Å². The molecule has 0 unspecified atom stereocenters. The summed E-state index contributed by atoms with van der Waals surface area (Å²) in [6, 6.07) is 0. The van der Waals surface area contributed by atoms with Crippen molar-refractivity contribution >= 4 is 32.3 Å². The molecule has 0 saturated heterocycles. The molecule has 3 N–H and O–H groups in total. The molecule has 1 aromatic rings. The summed E-state index contributed by atoms with van der Waals surface area (Å²) >= 11 is 0.0620. The van der Waals surface area contributed by atoms with Crippen LogP contribution in [0.3, 0.4) is 0 Å². The van der Waals surface area contributed by atoms with E-state index in [1.165, 1.54) is 6.33 Å². The zero-order chi connectivity index (χ0) is 6.97. The van der Waals surface area contributed by atoms with Gasteiger partial charge in [-0.05, 0) is 0 Å². The van der Waals surface area contributed by atoms with Crippen molar-refractivity contribution in [3.8, 4) is 0 Å². The molecular weight excluding hydrogens is 197 g/mol. The maximum atomic E-state index is 5.50. The van der Waals surface area contributed by atoms with Crippen LogP contribution in [0.1, 0.15) is 0 Å². The Morgan fingerprint density at radius 1 is 1.50 bits per heavy atom. The molecule has 0 atom stereocenters. The molecule has 0 saturated carbocycles. The Balaban J connectivity index is 2.67. The summed E-state index contributed by atoms with van der Waals surface area (Å²) in [7, 11) is 0. The van der Waals surface area contributed by atoms with Crippen LogP contribution in [0.25, 0.3) is 0 Å². The standard InChI is InChI=1S/C4H4N5Se/c5-3-2-4(7-1-6-3)9-10-8-2/h1H,(H3,5,6,7,8,9). The number of hydrogen-bond acceptors (Lipinski definition) is 5. The van der Waals surface area contributed by atoms with E-state index in [0.29, 0.717) is 11.5 Å². The number of fused-ring (bicyclic) bond motifs is 1. The fourth-order valence-corrected chi connectivity index (χ4v) is 1.83. The number of rotatable bonds is 0. The van der Waals surface area contributed by atoms with Crippen LogP contribution in [0.15, 0.2) is 10.3 Å². The molecule has 6 heteroatoms. The molecule has 0 aromatic carbocycles. The number of nitrogen functional groups attached to an aromatic ring is 1. The van der Waals surface area contributed by atoms with Gasteiger partial charge in [0.1, 0.15) is 0 Å². The average molecular weight is 201 g/mol. The molecule has 1 aliphatic rings. The third kappa shape index (κ3) is 0.698. The quantitative estimate of drug-likeness (QED) is 0.575. The van der Waals surface area contributed by atoms with Gasteiger partial charge in [-0.3, -0.25) is 0 Å². The van der Waals surface area contributed by atoms with E-state index >= 15 is 0 Å². The maximum absolute atomic E-state index is 5.50. The molecule has 5 nitrogen and oxygen atoms in total. The monoisotopic (exact) mass is 202 g/mol. The molecule has 0 amide bonds. The molecular formula is C4H4N5Se. The van der Waals surface area contributed by atoms with Gasteiger partial charge in [0.15, 0.2) is 0 Å². The van der Waals surface area contributed by atoms with E-state index in [-0.39, 0.29) is 15.0 Å². The molecule has 2 rings (SSSR count). The molecule has 1 radical (unpaired) electrons. The van der Waals surface area contributed by atoms with Crippen molar-refractivity contribution in [1.82, 2.24) is 9.97 Å². The first-order valence-corrected chi connectivity index (χ1v) is 4.24. The normalized spacial score (nSPS) is 12.8. The third-order valence-electron chi connectivity index (χ3n) is 1.13. The van der Waals surface area contributed by atoms with Crippen LogP contribution in [-0.4, -0.2) is 24.9 Å². The Hall–Kier alpha value is -1.00. The van der Waals surface area contributed by atoms with E-state index < -0.39 is 0 Å². The zero-order valence-electron chi connectivity index (χ0n) is 4.90. The Morgan fingerprint density at radius 3 is 3.20 bits per heavy atom. The summed E-state index contributed by atoms with van der Waals surface area (Å²) in [4.78, 5) is 7.73. The van der Waals surface area contributed by atoms with Crippen molar-refractivity contribution < 1.29 is 0 Å². The van der Waals surface area contributed by atoms with Crippen molar-refractivity contribution in [3.05, 3.63) is 6.33 Å². The number of hydrogen-bond donors (Lipinski definition) is 2. The second-order valence-corrected chi connectivity index (χ2v) is 2.94. The number of nitrogens with one attached hydrogen (secondary N) is 1. The van der Waals surface area contributed by atoms with Gasteiger partial charge in [-0.2, -0.15) is 0 Å². The van der Waals surface area contributed by atoms with Gasteiger partial charge in [0, 0.05) is 0 Å². The average Bonchev–Trinajstić information content (AvgIpc) is 2.36. The number of aromatic nitrogens is 2. The summed E-state index contributed by atoms with van der Waals surface area (Å²) in [6.07, 6.45) is 1.43. The van der Waals surface area contributed by atoms with Crippen molar-refractivity contribution in [2.45, 2.75) is 0 Å². The molecule has 51 valence electrons. The first kappa shape index (κ1) is 5.76. The third-order valence-corrected chi connectivity index (χ3v) is 2.30. The predicted molar refractivity (Wildman–Crippen MR) is 37.9 cm³/mol. The molecule has 2 heterocycles. The predicted octanol–water partition coefficient (Wildman–Crippen LogP) is -0.0814. The number of nitrogens with zero attached hydrogens (tertiary/aromatic N) is 3. The first-order chi connectivity index (χ1) is 4.88. The van der Waals surface area contributed by atoms with E-state index in [1.807, 2.05) is 0 Å². The Labute approximate surface area is 63.2 Å².